The highest BCUT2D eigenvalue weighted by atomic mass is 16.5. The maximum absolute atomic E-state index is 13.3. The fourth-order valence-corrected chi connectivity index (χ4v) is 4.54. The second-order valence-corrected chi connectivity index (χ2v) is 8.49. The Hall–Kier alpha value is -3.93. The van der Waals surface area contributed by atoms with E-state index in [2.05, 4.69) is 4.98 Å². The average Bonchev–Trinajstić information content (AvgIpc) is 3.10. The monoisotopic (exact) mass is 440 g/mol. The van der Waals surface area contributed by atoms with Gasteiger partial charge in [-0.05, 0) is 79.8 Å². The van der Waals surface area contributed by atoms with Crippen molar-refractivity contribution in [2.24, 2.45) is 0 Å². The van der Waals surface area contributed by atoms with Crippen molar-refractivity contribution < 1.29 is 19.4 Å². The Kier molecular flexibility index (Phi) is 5.21. The van der Waals surface area contributed by atoms with Gasteiger partial charge in [-0.15, -0.1) is 0 Å². The molecule has 2 aliphatic heterocycles. The predicted molar refractivity (Wildman–Crippen MR) is 125 cm³/mol. The molecule has 33 heavy (non-hydrogen) atoms. The van der Waals surface area contributed by atoms with Crippen LogP contribution < -0.4 is 9.64 Å². The highest BCUT2D eigenvalue weighted by molar-refractivity contribution is 6.51. The van der Waals surface area contributed by atoms with Crippen LogP contribution >= 0.6 is 0 Å². The number of ether oxygens (including phenoxy) is 1. The summed E-state index contributed by atoms with van der Waals surface area (Å²) in [4.78, 5) is 32.5. The second kappa shape index (κ2) is 8.20. The molecule has 1 aromatic heterocycles. The van der Waals surface area contributed by atoms with Gasteiger partial charge in [0, 0.05) is 17.4 Å². The largest absolute Gasteiger partial charge is 0.507 e. The topological polar surface area (TPSA) is 79.7 Å². The second-order valence-electron chi connectivity index (χ2n) is 8.49. The normalized spacial score (nSPS) is 19.3. The van der Waals surface area contributed by atoms with Gasteiger partial charge >= 0.3 is 0 Å². The number of hydrogen-bond acceptors (Lipinski definition) is 5. The van der Waals surface area contributed by atoms with Crippen molar-refractivity contribution in [3.8, 4) is 5.75 Å². The number of benzene rings is 2. The van der Waals surface area contributed by atoms with E-state index in [0.717, 1.165) is 35.3 Å². The van der Waals surface area contributed by atoms with Crippen molar-refractivity contribution in [1.29, 1.82) is 0 Å². The van der Waals surface area contributed by atoms with Gasteiger partial charge in [0.25, 0.3) is 11.7 Å². The van der Waals surface area contributed by atoms with Crippen molar-refractivity contribution in [2.75, 3.05) is 11.5 Å². The van der Waals surface area contributed by atoms with Gasteiger partial charge in [0.05, 0.1) is 17.9 Å². The van der Waals surface area contributed by atoms with Crippen LogP contribution in [0.25, 0.3) is 5.76 Å². The van der Waals surface area contributed by atoms with E-state index in [1.54, 1.807) is 30.5 Å². The first-order valence-corrected chi connectivity index (χ1v) is 11.0. The summed E-state index contributed by atoms with van der Waals surface area (Å²) < 4.78 is 5.67. The number of aromatic nitrogens is 1. The Morgan fingerprint density at radius 1 is 1.09 bits per heavy atom. The third kappa shape index (κ3) is 3.57. The number of aryl methyl sites for hydroxylation is 3. The zero-order chi connectivity index (χ0) is 23.1. The molecule has 0 radical (unpaired) electrons. The van der Waals surface area contributed by atoms with E-state index in [0.29, 0.717) is 23.6 Å². The van der Waals surface area contributed by atoms with E-state index in [-0.39, 0.29) is 11.3 Å². The molecule has 1 amide bonds. The minimum atomic E-state index is -0.834. The molecular formula is C27H24N2O4. The van der Waals surface area contributed by atoms with Crippen molar-refractivity contribution >= 4 is 23.1 Å². The van der Waals surface area contributed by atoms with Crippen molar-refractivity contribution in [1.82, 2.24) is 4.98 Å². The fraction of sp³-hybridized carbons (Fsp3) is 0.222. The minimum Gasteiger partial charge on any atom is -0.507 e. The number of rotatable bonds is 3. The lowest BCUT2D eigenvalue weighted by molar-refractivity contribution is -0.132. The summed E-state index contributed by atoms with van der Waals surface area (Å²) in [6.45, 7) is 4.50. The SMILES string of the molecule is Cc1ccc(C)c(N2C(=O)C(=O)/C(=C(\O)c3ccc4c(c3)CCCO4)C2c2ccccn2)c1. The fourth-order valence-electron chi connectivity index (χ4n) is 4.54. The molecule has 0 saturated carbocycles. The first-order valence-electron chi connectivity index (χ1n) is 11.0. The molecule has 5 rings (SSSR count). The zero-order valence-corrected chi connectivity index (χ0v) is 18.5. The molecule has 1 fully saturated rings. The van der Waals surface area contributed by atoms with E-state index in [1.165, 1.54) is 4.90 Å². The molecule has 6 nitrogen and oxygen atoms in total. The predicted octanol–water partition coefficient (Wildman–Crippen LogP) is 4.65. The first-order chi connectivity index (χ1) is 16.0. The van der Waals surface area contributed by atoms with Gasteiger partial charge in [-0.3, -0.25) is 19.5 Å². The maximum atomic E-state index is 13.3. The number of amides is 1. The molecular weight excluding hydrogens is 416 g/mol. The Labute approximate surface area is 192 Å². The van der Waals surface area contributed by atoms with Gasteiger partial charge in [0.2, 0.25) is 0 Å². The van der Waals surface area contributed by atoms with E-state index in [1.807, 2.05) is 44.2 Å². The lowest BCUT2D eigenvalue weighted by Crippen LogP contribution is -2.30. The van der Waals surface area contributed by atoms with Gasteiger partial charge in [-0.25, -0.2) is 0 Å². The van der Waals surface area contributed by atoms with E-state index >= 15 is 0 Å². The summed E-state index contributed by atoms with van der Waals surface area (Å²) in [5.41, 5.74) is 4.46. The van der Waals surface area contributed by atoms with Crippen LogP contribution in [0.1, 0.15) is 40.4 Å². The molecule has 1 atom stereocenters. The number of carbonyl (C=O) groups is 2. The third-order valence-electron chi connectivity index (χ3n) is 6.22. The van der Waals surface area contributed by atoms with E-state index in [4.69, 9.17) is 4.74 Å². The Bertz CT molecular complexity index is 1300. The van der Waals surface area contributed by atoms with Gasteiger partial charge in [-0.1, -0.05) is 18.2 Å². The smallest absolute Gasteiger partial charge is 0.300 e. The molecule has 3 aromatic rings. The van der Waals surface area contributed by atoms with Crippen molar-refractivity contribution in [3.05, 3.63) is 94.3 Å². The molecule has 1 unspecified atom stereocenters. The summed E-state index contributed by atoms with van der Waals surface area (Å²) in [6, 6.07) is 15.6. The highest BCUT2D eigenvalue weighted by Crippen LogP contribution is 2.43. The maximum Gasteiger partial charge on any atom is 0.300 e. The summed E-state index contributed by atoms with van der Waals surface area (Å²) in [5.74, 6) is -0.819. The van der Waals surface area contributed by atoms with Crippen molar-refractivity contribution in [2.45, 2.75) is 32.7 Å². The number of aliphatic hydroxyl groups excluding tert-OH is 1. The number of ketones is 1. The number of anilines is 1. The van der Waals surface area contributed by atoms with Gasteiger partial charge in [0.15, 0.2) is 0 Å². The molecule has 1 saturated heterocycles. The average molecular weight is 440 g/mol. The number of hydrogen-bond donors (Lipinski definition) is 1. The molecule has 166 valence electrons. The molecule has 0 aliphatic carbocycles. The molecule has 6 heteroatoms. The quantitative estimate of drug-likeness (QED) is 0.364. The number of pyridine rings is 1. The van der Waals surface area contributed by atoms with Gasteiger partial charge in [-0.2, -0.15) is 0 Å². The van der Waals surface area contributed by atoms with Crippen LogP contribution in [0.3, 0.4) is 0 Å². The lowest BCUT2D eigenvalue weighted by atomic mass is 9.95. The number of carbonyl (C=O) groups excluding carboxylic acids is 2. The number of nitrogens with zero attached hydrogens (tertiary/aromatic N) is 2. The summed E-state index contributed by atoms with van der Waals surface area (Å²) in [5, 5.41) is 11.3. The van der Waals surface area contributed by atoms with Crippen LogP contribution in [-0.2, 0) is 16.0 Å². The van der Waals surface area contributed by atoms with Gasteiger partial charge < -0.3 is 9.84 Å². The number of fused-ring (bicyclic) bond motifs is 1. The molecule has 2 aliphatic rings. The third-order valence-corrected chi connectivity index (χ3v) is 6.22. The Morgan fingerprint density at radius 3 is 2.73 bits per heavy atom. The minimum absolute atomic E-state index is 0.0382. The Morgan fingerprint density at radius 2 is 1.94 bits per heavy atom. The number of aliphatic hydroxyl groups is 1. The van der Waals surface area contributed by atoms with E-state index < -0.39 is 17.7 Å². The van der Waals surface area contributed by atoms with E-state index in [9.17, 15) is 14.7 Å². The van der Waals surface area contributed by atoms with Crippen LogP contribution in [0.5, 0.6) is 5.75 Å². The Balaban J connectivity index is 1.71. The van der Waals surface area contributed by atoms with Gasteiger partial charge in [0.1, 0.15) is 17.6 Å². The summed E-state index contributed by atoms with van der Waals surface area (Å²) in [6.07, 6.45) is 3.34. The van der Waals surface area contributed by atoms with Crippen LogP contribution in [0, 0.1) is 13.8 Å². The van der Waals surface area contributed by atoms with Crippen LogP contribution in [0.15, 0.2) is 66.4 Å². The zero-order valence-electron chi connectivity index (χ0n) is 18.5. The summed E-state index contributed by atoms with van der Waals surface area (Å²) >= 11 is 0. The van der Waals surface area contributed by atoms with Crippen LogP contribution in [0.4, 0.5) is 5.69 Å². The van der Waals surface area contributed by atoms with Crippen LogP contribution in [-0.4, -0.2) is 28.4 Å². The molecule has 3 heterocycles. The molecule has 0 spiro atoms. The summed E-state index contributed by atoms with van der Waals surface area (Å²) in [7, 11) is 0. The highest BCUT2D eigenvalue weighted by Gasteiger charge is 2.48. The van der Waals surface area contributed by atoms with Crippen molar-refractivity contribution in [3.63, 3.8) is 0 Å². The lowest BCUT2D eigenvalue weighted by Gasteiger charge is -2.26. The first kappa shape index (κ1) is 20.9. The van der Waals surface area contributed by atoms with Crippen LogP contribution in [0.2, 0.25) is 0 Å². The molecule has 2 aromatic carbocycles. The molecule has 1 N–H and O–H groups in total. The molecule has 0 bridgehead atoms. The number of Topliss-reactive ketones (excluding diaryl/α,β-unsaturated/α-hetero) is 1. The standard InChI is InChI=1S/C27H24N2O4/c1-16-8-9-17(2)21(14-16)29-24(20-7-3-4-12-28-20)23(26(31)27(29)32)25(30)19-10-11-22-18(15-19)6-5-13-33-22/h3-4,7-12,14-15,24,30H,5-6,13H2,1-2H3/b25-23-.